The van der Waals surface area contributed by atoms with Crippen molar-refractivity contribution in [3.05, 3.63) is 47.8 Å². The largest absolute Gasteiger partial charge is 0.236 e. The summed E-state index contributed by atoms with van der Waals surface area (Å²) >= 11 is 0. The van der Waals surface area contributed by atoms with E-state index in [4.69, 9.17) is 5.26 Å². The summed E-state index contributed by atoms with van der Waals surface area (Å²) in [6, 6.07) is 10.2. The van der Waals surface area contributed by atoms with Crippen LogP contribution in [0.4, 0.5) is 0 Å². The first kappa shape index (κ1) is 11.3. The third-order valence-corrected chi connectivity index (χ3v) is 2.62. The molecule has 0 radical (unpaired) electrons. The number of benzene rings is 1. The molecule has 84 valence electrons. The fraction of sp³-hybridized carbons (Fsp3) is 0.214. The smallest absolute Gasteiger partial charge is 0.159 e. The van der Waals surface area contributed by atoms with Crippen molar-refractivity contribution in [3.63, 3.8) is 0 Å². The zero-order valence-electron chi connectivity index (χ0n) is 9.72. The Morgan fingerprint density at radius 1 is 1.18 bits per heavy atom. The average Bonchev–Trinajstić information content (AvgIpc) is 2.38. The van der Waals surface area contributed by atoms with E-state index in [1.54, 1.807) is 12.4 Å². The third kappa shape index (κ3) is 2.67. The van der Waals surface area contributed by atoms with E-state index in [9.17, 15) is 0 Å². The summed E-state index contributed by atoms with van der Waals surface area (Å²) in [4.78, 5) is 8.68. The molecule has 1 heterocycles. The van der Waals surface area contributed by atoms with Crippen LogP contribution in [-0.4, -0.2) is 9.97 Å². The van der Waals surface area contributed by atoms with Crippen molar-refractivity contribution >= 4 is 0 Å². The molecule has 1 aromatic heterocycles. The second kappa shape index (κ2) is 5.22. The molecule has 2 aromatic rings. The molecule has 0 bridgehead atoms. The van der Waals surface area contributed by atoms with E-state index in [-0.39, 0.29) is 0 Å². The van der Waals surface area contributed by atoms with Gasteiger partial charge < -0.3 is 0 Å². The highest BCUT2D eigenvalue weighted by molar-refractivity contribution is 5.59. The Morgan fingerprint density at radius 3 is 2.53 bits per heavy atom. The summed E-state index contributed by atoms with van der Waals surface area (Å²) in [7, 11) is 0. The van der Waals surface area contributed by atoms with E-state index < -0.39 is 0 Å². The van der Waals surface area contributed by atoms with E-state index in [0.717, 1.165) is 22.5 Å². The van der Waals surface area contributed by atoms with Crippen LogP contribution in [0.1, 0.15) is 17.5 Å². The summed E-state index contributed by atoms with van der Waals surface area (Å²) in [5.74, 6) is 0.740. The quantitative estimate of drug-likeness (QED) is 0.803. The number of nitrogens with zero attached hydrogens (tertiary/aromatic N) is 3. The van der Waals surface area contributed by atoms with E-state index in [1.165, 1.54) is 0 Å². The van der Waals surface area contributed by atoms with Gasteiger partial charge in [-0.25, -0.2) is 9.97 Å². The molecular weight excluding hydrogens is 210 g/mol. The summed E-state index contributed by atoms with van der Waals surface area (Å²) in [6.45, 7) is 2.04. The van der Waals surface area contributed by atoms with E-state index in [1.807, 2.05) is 31.2 Å². The van der Waals surface area contributed by atoms with Gasteiger partial charge in [0, 0.05) is 24.4 Å². The Bertz CT molecular complexity index is 538. The van der Waals surface area contributed by atoms with E-state index >= 15 is 0 Å². The van der Waals surface area contributed by atoms with Gasteiger partial charge in [-0.15, -0.1) is 0 Å². The molecule has 0 fully saturated rings. The van der Waals surface area contributed by atoms with Crippen molar-refractivity contribution in [2.45, 2.75) is 19.8 Å². The van der Waals surface area contributed by atoms with Crippen LogP contribution in [0, 0.1) is 18.3 Å². The van der Waals surface area contributed by atoms with E-state index in [0.29, 0.717) is 12.8 Å². The second-order valence-electron chi connectivity index (χ2n) is 3.89. The van der Waals surface area contributed by atoms with Gasteiger partial charge in [0.2, 0.25) is 0 Å². The monoisotopic (exact) mass is 223 g/mol. The Labute approximate surface area is 101 Å². The topological polar surface area (TPSA) is 49.6 Å². The molecule has 0 aliphatic heterocycles. The van der Waals surface area contributed by atoms with Crippen molar-refractivity contribution in [2.24, 2.45) is 0 Å². The second-order valence-corrected chi connectivity index (χ2v) is 3.89. The molecule has 0 aliphatic rings. The lowest BCUT2D eigenvalue weighted by atomic mass is 10.1. The molecule has 2 rings (SSSR count). The molecule has 0 N–H and O–H groups in total. The van der Waals surface area contributed by atoms with Crippen molar-refractivity contribution in [1.82, 2.24) is 9.97 Å². The van der Waals surface area contributed by atoms with Gasteiger partial charge in [0.1, 0.15) is 0 Å². The number of hydrogen-bond donors (Lipinski definition) is 0. The molecule has 0 unspecified atom stereocenters. The molecule has 17 heavy (non-hydrogen) atoms. The maximum absolute atomic E-state index is 8.51. The molecule has 0 saturated carbocycles. The predicted molar refractivity (Wildman–Crippen MR) is 66.1 cm³/mol. The number of nitriles is 1. The molecule has 3 heteroatoms. The van der Waals surface area contributed by atoms with Crippen molar-refractivity contribution < 1.29 is 0 Å². The first-order chi connectivity index (χ1) is 8.31. The first-order valence-corrected chi connectivity index (χ1v) is 5.55. The maximum atomic E-state index is 8.51. The molecule has 0 atom stereocenters. The van der Waals surface area contributed by atoms with Crippen LogP contribution in [0.5, 0.6) is 0 Å². The molecule has 0 amide bonds. The Hall–Kier alpha value is -2.21. The highest BCUT2D eigenvalue weighted by Gasteiger charge is 2.03. The fourth-order valence-corrected chi connectivity index (χ4v) is 1.65. The molecule has 3 nitrogen and oxygen atoms in total. The molecule has 0 aliphatic carbocycles. The normalized spacial score (nSPS) is 9.88. The van der Waals surface area contributed by atoms with Gasteiger partial charge in [0.15, 0.2) is 5.82 Å². The number of rotatable bonds is 3. The average molecular weight is 223 g/mol. The number of aryl methyl sites for hydroxylation is 2. The van der Waals surface area contributed by atoms with Gasteiger partial charge in [0.25, 0.3) is 0 Å². The van der Waals surface area contributed by atoms with Gasteiger partial charge in [0.05, 0.1) is 6.07 Å². The lowest BCUT2D eigenvalue weighted by molar-refractivity contribution is 0.973. The third-order valence-electron chi connectivity index (χ3n) is 2.62. The molecule has 0 spiro atoms. The number of hydrogen-bond acceptors (Lipinski definition) is 3. The highest BCUT2D eigenvalue weighted by Crippen LogP contribution is 2.18. The number of aromatic nitrogens is 2. The van der Waals surface area contributed by atoms with Crippen molar-refractivity contribution in [3.8, 4) is 17.5 Å². The summed E-state index contributed by atoms with van der Waals surface area (Å²) in [5.41, 5.74) is 3.22. The molecule has 1 aromatic carbocycles. The van der Waals surface area contributed by atoms with E-state index in [2.05, 4.69) is 16.0 Å². The minimum absolute atomic E-state index is 0.507. The zero-order chi connectivity index (χ0) is 12.1. The lowest BCUT2D eigenvalue weighted by Gasteiger charge is -2.04. The Kier molecular flexibility index (Phi) is 3.46. The lowest BCUT2D eigenvalue weighted by Crippen LogP contribution is -1.93. The minimum atomic E-state index is 0.507. The molecular formula is C14H13N3. The van der Waals surface area contributed by atoms with Gasteiger partial charge in [-0.2, -0.15) is 5.26 Å². The predicted octanol–water partition coefficient (Wildman–Crippen LogP) is 2.91. The molecule has 0 saturated heterocycles. The van der Waals surface area contributed by atoms with Crippen LogP contribution in [0.3, 0.4) is 0 Å². The standard InChI is InChI=1S/C14H13N3/c1-11-5-2-3-7-13(11)14-16-9-12(10-17-14)6-4-8-15/h2-3,5,7,9-10H,4,6H2,1H3. The van der Waals surface area contributed by atoms with Gasteiger partial charge >= 0.3 is 0 Å². The van der Waals surface area contributed by atoms with Crippen LogP contribution in [0.2, 0.25) is 0 Å². The highest BCUT2D eigenvalue weighted by atomic mass is 14.9. The van der Waals surface area contributed by atoms with Crippen LogP contribution in [-0.2, 0) is 6.42 Å². The SMILES string of the molecule is Cc1ccccc1-c1ncc(CCC#N)cn1. The fourth-order valence-electron chi connectivity index (χ4n) is 1.65. The van der Waals surface area contributed by atoms with Gasteiger partial charge in [-0.05, 0) is 24.5 Å². The van der Waals surface area contributed by atoms with Crippen molar-refractivity contribution in [1.29, 1.82) is 5.26 Å². The van der Waals surface area contributed by atoms with Crippen LogP contribution >= 0.6 is 0 Å². The van der Waals surface area contributed by atoms with Crippen LogP contribution in [0.25, 0.3) is 11.4 Å². The van der Waals surface area contributed by atoms with Crippen LogP contribution in [0.15, 0.2) is 36.7 Å². The van der Waals surface area contributed by atoms with Crippen molar-refractivity contribution in [2.75, 3.05) is 0 Å². The van der Waals surface area contributed by atoms with Gasteiger partial charge in [-0.1, -0.05) is 24.3 Å². The maximum Gasteiger partial charge on any atom is 0.159 e. The zero-order valence-corrected chi connectivity index (χ0v) is 9.72. The Morgan fingerprint density at radius 2 is 1.88 bits per heavy atom. The first-order valence-electron chi connectivity index (χ1n) is 5.55. The summed E-state index contributed by atoms with van der Waals surface area (Å²) in [6.07, 6.45) is 4.82. The Balaban J connectivity index is 2.24. The minimum Gasteiger partial charge on any atom is -0.236 e. The van der Waals surface area contributed by atoms with Crippen LogP contribution < -0.4 is 0 Å². The summed E-state index contributed by atoms with van der Waals surface area (Å²) in [5, 5.41) is 8.51. The van der Waals surface area contributed by atoms with Gasteiger partial charge in [-0.3, -0.25) is 0 Å². The summed E-state index contributed by atoms with van der Waals surface area (Å²) < 4.78 is 0.